The fraction of sp³-hybridized carbons (Fsp3) is 0.692. The average molecular weight is 317 g/mol. The predicted octanol–water partition coefficient (Wildman–Crippen LogP) is 3.57. The molecule has 0 radical (unpaired) electrons. The van der Waals surface area contributed by atoms with E-state index in [9.17, 15) is 0 Å². The summed E-state index contributed by atoms with van der Waals surface area (Å²) in [5.74, 6) is 0. The van der Waals surface area contributed by atoms with E-state index in [2.05, 4.69) is 46.1 Å². The molecule has 4 heteroatoms. The number of hydrogen-bond acceptors (Lipinski definition) is 3. The smallest absolute Gasteiger partial charge is 0.0731 e. The lowest BCUT2D eigenvalue weighted by Gasteiger charge is -2.34. The molecule has 1 aliphatic rings. The second kappa shape index (κ2) is 6.32. The maximum Gasteiger partial charge on any atom is 0.0731 e. The van der Waals surface area contributed by atoms with Crippen molar-refractivity contribution in [3.05, 3.63) is 20.3 Å². The van der Waals surface area contributed by atoms with Crippen LogP contribution in [-0.2, 0) is 0 Å². The summed E-state index contributed by atoms with van der Waals surface area (Å²) >= 11 is 5.56. The molecule has 1 aromatic heterocycles. The maximum absolute atomic E-state index is 3.65. The summed E-state index contributed by atoms with van der Waals surface area (Å²) in [6, 6.07) is 2.98. The van der Waals surface area contributed by atoms with Crippen LogP contribution in [0.1, 0.15) is 36.2 Å². The second-order valence-corrected chi connectivity index (χ2v) is 7.10. The van der Waals surface area contributed by atoms with Crippen molar-refractivity contribution in [3.8, 4) is 0 Å². The summed E-state index contributed by atoms with van der Waals surface area (Å²) in [4.78, 5) is 4.16. The van der Waals surface area contributed by atoms with Crippen LogP contribution in [0.3, 0.4) is 0 Å². The van der Waals surface area contributed by atoms with E-state index in [0.717, 1.165) is 13.1 Å². The van der Waals surface area contributed by atoms with Gasteiger partial charge in [0.1, 0.15) is 0 Å². The van der Waals surface area contributed by atoms with Crippen LogP contribution in [0.2, 0.25) is 0 Å². The van der Waals surface area contributed by atoms with Crippen LogP contribution in [0.15, 0.2) is 9.85 Å². The molecule has 1 aliphatic heterocycles. The molecule has 1 aromatic rings. The Morgan fingerprint density at radius 2 is 2.18 bits per heavy atom. The van der Waals surface area contributed by atoms with Crippen LogP contribution >= 0.6 is 27.3 Å². The Hall–Kier alpha value is 0.1000. The van der Waals surface area contributed by atoms with Gasteiger partial charge in [0.15, 0.2) is 0 Å². The minimum absolute atomic E-state index is 0.622. The van der Waals surface area contributed by atoms with Crippen molar-refractivity contribution in [2.75, 3.05) is 26.2 Å². The van der Waals surface area contributed by atoms with Crippen molar-refractivity contribution < 1.29 is 0 Å². The van der Waals surface area contributed by atoms with Crippen molar-refractivity contribution in [1.29, 1.82) is 0 Å². The summed E-state index contributed by atoms with van der Waals surface area (Å²) < 4.78 is 1.30. The number of nitrogens with one attached hydrogen (secondary N) is 1. The topological polar surface area (TPSA) is 15.3 Å². The van der Waals surface area contributed by atoms with Gasteiger partial charge >= 0.3 is 0 Å². The molecule has 0 aromatic carbocycles. The van der Waals surface area contributed by atoms with Gasteiger partial charge in [-0.3, -0.25) is 4.90 Å². The monoisotopic (exact) mass is 316 g/mol. The zero-order valence-corrected chi connectivity index (χ0v) is 13.0. The molecule has 1 N–H and O–H groups in total. The summed E-state index contributed by atoms with van der Waals surface area (Å²) in [5, 5.41) is 3.43. The highest BCUT2D eigenvalue weighted by Gasteiger charge is 2.23. The van der Waals surface area contributed by atoms with Gasteiger partial charge in [0, 0.05) is 37.1 Å². The van der Waals surface area contributed by atoms with Crippen molar-refractivity contribution >= 4 is 27.3 Å². The fourth-order valence-electron chi connectivity index (χ4n) is 2.42. The molecule has 2 heterocycles. The lowest BCUT2D eigenvalue weighted by Crippen LogP contribution is -2.45. The minimum atomic E-state index is 0.622. The normalized spacial score (nSPS) is 19.5. The molecule has 1 fully saturated rings. The summed E-state index contributed by atoms with van der Waals surface area (Å²) in [5.41, 5.74) is 1.38. The standard InChI is InChI=1S/C13H21BrN2S/c1-3-4-11(16-7-5-15-6-8-16)12-9-10(2)13(14)17-12/h9,11,15H,3-8H2,1-2H3/t11-/m1/s1. The molecular formula is C13H21BrN2S. The third-order valence-corrected chi connectivity index (χ3v) is 5.60. The molecule has 96 valence electrons. The van der Waals surface area contributed by atoms with E-state index >= 15 is 0 Å². The molecule has 1 atom stereocenters. The molecule has 0 unspecified atom stereocenters. The molecular weight excluding hydrogens is 296 g/mol. The van der Waals surface area contributed by atoms with Gasteiger partial charge in [-0.15, -0.1) is 11.3 Å². The summed E-state index contributed by atoms with van der Waals surface area (Å²) in [6.07, 6.45) is 2.52. The Bertz CT molecular complexity index is 339. The van der Waals surface area contributed by atoms with Crippen LogP contribution in [0.4, 0.5) is 0 Å². The van der Waals surface area contributed by atoms with Crippen molar-refractivity contribution in [1.82, 2.24) is 10.2 Å². The molecule has 0 bridgehead atoms. The molecule has 2 rings (SSSR count). The van der Waals surface area contributed by atoms with E-state index in [1.54, 1.807) is 0 Å². The number of rotatable bonds is 4. The van der Waals surface area contributed by atoms with Crippen molar-refractivity contribution in [2.45, 2.75) is 32.7 Å². The first-order chi connectivity index (χ1) is 8.22. The number of thiophene rings is 1. The number of hydrogen-bond donors (Lipinski definition) is 1. The number of aryl methyl sites for hydroxylation is 1. The first-order valence-corrected chi connectivity index (χ1v) is 8.04. The van der Waals surface area contributed by atoms with E-state index in [0.29, 0.717) is 6.04 Å². The molecule has 17 heavy (non-hydrogen) atoms. The van der Waals surface area contributed by atoms with E-state index in [1.807, 2.05) is 11.3 Å². The Balaban J connectivity index is 2.15. The van der Waals surface area contributed by atoms with E-state index in [1.165, 1.54) is 40.2 Å². The SMILES string of the molecule is CCC[C@H](c1cc(C)c(Br)s1)N1CCNCC1. The van der Waals surface area contributed by atoms with Gasteiger partial charge in [0.25, 0.3) is 0 Å². The highest BCUT2D eigenvalue weighted by Crippen LogP contribution is 2.36. The average Bonchev–Trinajstić information content (AvgIpc) is 2.67. The van der Waals surface area contributed by atoms with Crippen LogP contribution in [0, 0.1) is 6.92 Å². The fourth-order valence-corrected chi connectivity index (χ4v) is 4.16. The van der Waals surface area contributed by atoms with Crippen LogP contribution in [0.25, 0.3) is 0 Å². The van der Waals surface area contributed by atoms with Gasteiger partial charge < -0.3 is 5.32 Å². The first kappa shape index (κ1) is 13.5. The summed E-state index contributed by atoms with van der Waals surface area (Å²) in [6.45, 7) is 9.09. The molecule has 0 aliphatic carbocycles. The number of nitrogens with zero attached hydrogens (tertiary/aromatic N) is 1. The van der Waals surface area contributed by atoms with Gasteiger partial charge in [0.05, 0.1) is 3.79 Å². The Morgan fingerprint density at radius 1 is 1.47 bits per heavy atom. The van der Waals surface area contributed by atoms with Crippen LogP contribution in [-0.4, -0.2) is 31.1 Å². The molecule has 0 amide bonds. The van der Waals surface area contributed by atoms with E-state index < -0.39 is 0 Å². The quantitative estimate of drug-likeness (QED) is 0.913. The number of piperazine rings is 1. The van der Waals surface area contributed by atoms with Crippen LogP contribution in [0.5, 0.6) is 0 Å². The highest BCUT2D eigenvalue weighted by atomic mass is 79.9. The van der Waals surface area contributed by atoms with Gasteiger partial charge in [-0.2, -0.15) is 0 Å². The Labute approximate surface area is 117 Å². The van der Waals surface area contributed by atoms with Crippen molar-refractivity contribution in [2.24, 2.45) is 0 Å². The largest absolute Gasteiger partial charge is 0.314 e. The molecule has 2 nitrogen and oxygen atoms in total. The lowest BCUT2D eigenvalue weighted by atomic mass is 10.1. The maximum atomic E-state index is 3.65. The van der Waals surface area contributed by atoms with Gasteiger partial charge in [-0.1, -0.05) is 13.3 Å². The third-order valence-electron chi connectivity index (χ3n) is 3.36. The second-order valence-electron chi connectivity index (χ2n) is 4.70. The zero-order valence-electron chi connectivity index (χ0n) is 10.6. The lowest BCUT2D eigenvalue weighted by molar-refractivity contribution is 0.167. The first-order valence-electron chi connectivity index (χ1n) is 6.43. The van der Waals surface area contributed by atoms with Gasteiger partial charge in [0.2, 0.25) is 0 Å². The third kappa shape index (κ3) is 3.31. The number of halogens is 1. The van der Waals surface area contributed by atoms with Gasteiger partial charge in [-0.25, -0.2) is 0 Å². The minimum Gasteiger partial charge on any atom is -0.314 e. The summed E-state index contributed by atoms with van der Waals surface area (Å²) in [7, 11) is 0. The van der Waals surface area contributed by atoms with Crippen LogP contribution < -0.4 is 5.32 Å². The van der Waals surface area contributed by atoms with E-state index in [4.69, 9.17) is 0 Å². The molecule has 1 saturated heterocycles. The zero-order chi connectivity index (χ0) is 12.3. The highest BCUT2D eigenvalue weighted by molar-refractivity contribution is 9.11. The predicted molar refractivity (Wildman–Crippen MR) is 78.8 cm³/mol. The van der Waals surface area contributed by atoms with E-state index in [-0.39, 0.29) is 0 Å². The Morgan fingerprint density at radius 3 is 2.71 bits per heavy atom. The van der Waals surface area contributed by atoms with Crippen molar-refractivity contribution in [3.63, 3.8) is 0 Å². The molecule has 0 saturated carbocycles. The Kier molecular flexibility index (Phi) is 5.03. The van der Waals surface area contributed by atoms with Gasteiger partial charge in [-0.05, 0) is 40.9 Å². The molecule has 0 spiro atoms.